The highest BCUT2D eigenvalue weighted by molar-refractivity contribution is 7.11. The van der Waals surface area contributed by atoms with Crippen LogP contribution in [0.3, 0.4) is 0 Å². The van der Waals surface area contributed by atoms with E-state index in [0.29, 0.717) is 6.04 Å². The van der Waals surface area contributed by atoms with Crippen LogP contribution in [0.2, 0.25) is 0 Å². The average molecular weight is 275 g/mol. The van der Waals surface area contributed by atoms with Gasteiger partial charge in [0.1, 0.15) is 0 Å². The maximum absolute atomic E-state index is 4.65. The lowest BCUT2D eigenvalue weighted by Crippen LogP contribution is -2.23. The quantitative estimate of drug-likeness (QED) is 0.909. The number of pyridine rings is 1. The Kier molecular flexibility index (Phi) is 4.66. The number of aromatic nitrogens is 2. The number of likely N-dealkylation sites (N-methyl/N-ethyl adjacent to an activating group) is 1. The van der Waals surface area contributed by atoms with Crippen LogP contribution in [0.1, 0.15) is 39.7 Å². The molecule has 0 aliphatic rings. The van der Waals surface area contributed by atoms with Gasteiger partial charge in [-0.3, -0.25) is 4.98 Å². The molecule has 0 bridgehead atoms. The molecule has 102 valence electrons. The first kappa shape index (κ1) is 14.2. The third kappa shape index (κ3) is 3.39. The fourth-order valence-electron chi connectivity index (χ4n) is 2.21. The zero-order valence-electron chi connectivity index (χ0n) is 12.0. The molecule has 1 unspecified atom stereocenters. The molecule has 0 saturated heterocycles. The van der Waals surface area contributed by atoms with E-state index in [0.717, 1.165) is 18.7 Å². The normalized spacial score (nSPS) is 12.6. The molecule has 2 heterocycles. The molecular formula is C15H21N3S. The van der Waals surface area contributed by atoms with Gasteiger partial charge in [-0.25, -0.2) is 4.98 Å². The molecule has 0 radical (unpaired) electrons. The summed E-state index contributed by atoms with van der Waals surface area (Å²) in [6.45, 7) is 9.42. The van der Waals surface area contributed by atoms with Gasteiger partial charge in [0.15, 0.2) is 0 Å². The van der Waals surface area contributed by atoms with E-state index in [1.165, 1.54) is 21.0 Å². The summed E-state index contributed by atoms with van der Waals surface area (Å²) in [5.41, 5.74) is 3.71. The van der Waals surface area contributed by atoms with Crippen molar-refractivity contribution in [3.05, 3.63) is 45.2 Å². The van der Waals surface area contributed by atoms with Crippen molar-refractivity contribution in [3.8, 4) is 0 Å². The van der Waals surface area contributed by atoms with E-state index < -0.39 is 0 Å². The number of rotatable bonds is 5. The first-order chi connectivity index (χ1) is 9.11. The van der Waals surface area contributed by atoms with Gasteiger partial charge in [0.05, 0.1) is 10.7 Å². The molecule has 0 aromatic carbocycles. The van der Waals surface area contributed by atoms with Crippen LogP contribution >= 0.6 is 11.3 Å². The van der Waals surface area contributed by atoms with Crippen molar-refractivity contribution in [2.75, 3.05) is 6.54 Å². The number of thiazole rings is 1. The predicted molar refractivity (Wildman–Crippen MR) is 80.7 cm³/mol. The molecule has 3 nitrogen and oxygen atoms in total. The number of nitrogens with zero attached hydrogens (tertiary/aromatic N) is 2. The molecule has 1 N–H and O–H groups in total. The minimum Gasteiger partial charge on any atom is -0.310 e. The van der Waals surface area contributed by atoms with Crippen molar-refractivity contribution in [2.24, 2.45) is 0 Å². The second kappa shape index (κ2) is 6.26. The molecule has 0 spiro atoms. The third-order valence-electron chi connectivity index (χ3n) is 3.34. The van der Waals surface area contributed by atoms with Crippen molar-refractivity contribution in [3.63, 3.8) is 0 Å². The van der Waals surface area contributed by atoms with Crippen molar-refractivity contribution in [1.82, 2.24) is 15.3 Å². The lowest BCUT2D eigenvalue weighted by Gasteiger charge is -2.19. The monoisotopic (exact) mass is 275 g/mol. The minimum atomic E-state index is 0.318. The van der Waals surface area contributed by atoms with Crippen LogP contribution in [0.15, 0.2) is 18.5 Å². The second-order valence-electron chi connectivity index (χ2n) is 4.80. The van der Waals surface area contributed by atoms with Crippen molar-refractivity contribution >= 4 is 11.3 Å². The first-order valence-electron chi connectivity index (χ1n) is 6.68. The van der Waals surface area contributed by atoms with Gasteiger partial charge in [0.2, 0.25) is 0 Å². The van der Waals surface area contributed by atoms with Crippen LogP contribution in [-0.4, -0.2) is 16.5 Å². The standard InChI is InChI=1S/C15H21N3S/c1-5-17-14(13-6-7-16-9-10(13)2)8-15-18-11(3)12(4)19-15/h6-7,9,14,17H,5,8H2,1-4H3. The Hall–Kier alpha value is -1.26. The Morgan fingerprint density at radius 1 is 1.32 bits per heavy atom. The summed E-state index contributed by atoms with van der Waals surface area (Å²) in [5, 5.41) is 4.76. The lowest BCUT2D eigenvalue weighted by atomic mass is 10.0. The van der Waals surface area contributed by atoms with E-state index >= 15 is 0 Å². The molecular weight excluding hydrogens is 254 g/mol. The van der Waals surface area contributed by atoms with Gasteiger partial charge in [0, 0.05) is 29.7 Å². The molecule has 0 aliphatic heterocycles. The fraction of sp³-hybridized carbons (Fsp3) is 0.467. The molecule has 2 aromatic rings. The highest BCUT2D eigenvalue weighted by Crippen LogP contribution is 2.24. The summed E-state index contributed by atoms with van der Waals surface area (Å²) in [6.07, 6.45) is 4.74. The molecule has 0 fully saturated rings. The van der Waals surface area contributed by atoms with Crippen LogP contribution in [-0.2, 0) is 6.42 Å². The van der Waals surface area contributed by atoms with Gasteiger partial charge >= 0.3 is 0 Å². The summed E-state index contributed by atoms with van der Waals surface area (Å²) in [5.74, 6) is 0. The maximum atomic E-state index is 4.65. The number of hydrogen-bond acceptors (Lipinski definition) is 4. The van der Waals surface area contributed by atoms with E-state index in [2.05, 4.69) is 49.0 Å². The summed E-state index contributed by atoms with van der Waals surface area (Å²) >= 11 is 1.80. The van der Waals surface area contributed by atoms with Gasteiger partial charge in [-0.15, -0.1) is 11.3 Å². The summed E-state index contributed by atoms with van der Waals surface area (Å²) in [7, 11) is 0. The van der Waals surface area contributed by atoms with Crippen LogP contribution in [0.5, 0.6) is 0 Å². The molecule has 0 saturated carbocycles. The zero-order chi connectivity index (χ0) is 13.8. The van der Waals surface area contributed by atoms with Crippen molar-refractivity contribution < 1.29 is 0 Å². The third-order valence-corrected chi connectivity index (χ3v) is 4.44. The van der Waals surface area contributed by atoms with E-state index in [-0.39, 0.29) is 0 Å². The van der Waals surface area contributed by atoms with Crippen molar-refractivity contribution in [2.45, 2.75) is 40.2 Å². The van der Waals surface area contributed by atoms with Gasteiger partial charge in [-0.2, -0.15) is 0 Å². The van der Waals surface area contributed by atoms with E-state index in [4.69, 9.17) is 0 Å². The second-order valence-corrected chi connectivity index (χ2v) is 6.08. The number of aryl methyl sites for hydroxylation is 3. The topological polar surface area (TPSA) is 37.8 Å². The zero-order valence-corrected chi connectivity index (χ0v) is 12.8. The summed E-state index contributed by atoms with van der Waals surface area (Å²) in [6, 6.07) is 2.42. The molecule has 1 atom stereocenters. The van der Waals surface area contributed by atoms with Gasteiger partial charge in [-0.1, -0.05) is 6.92 Å². The molecule has 2 aromatic heterocycles. The highest BCUT2D eigenvalue weighted by atomic mass is 32.1. The van der Waals surface area contributed by atoms with Crippen LogP contribution < -0.4 is 5.32 Å². The van der Waals surface area contributed by atoms with E-state index in [1.54, 1.807) is 11.3 Å². The van der Waals surface area contributed by atoms with Crippen molar-refractivity contribution in [1.29, 1.82) is 0 Å². The number of nitrogens with one attached hydrogen (secondary N) is 1. The van der Waals surface area contributed by atoms with Crippen LogP contribution in [0.25, 0.3) is 0 Å². The van der Waals surface area contributed by atoms with E-state index in [1.807, 2.05) is 12.4 Å². The molecule has 19 heavy (non-hydrogen) atoms. The molecule has 4 heteroatoms. The van der Waals surface area contributed by atoms with Gasteiger partial charge in [-0.05, 0) is 44.5 Å². The number of hydrogen-bond donors (Lipinski definition) is 1. The largest absolute Gasteiger partial charge is 0.310 e. The first-order valence-corrected chi connectivity index (χ1v) is 7.50. The Labute approximate surface area is 119 Å². The smallest absolute Gasteiger partial charge is 0.0949 e. The predicted octanol–water partition coefficient (Wildman–Crippen LogP) is 3.36. The van der Waals surface area contributed by atoms with Gasteiger partial charge < -0.3 is 5.32 Å². The Balaban J connectivity index is 2.23. The molecule has 2 rings (SSSR count). The maximum Gasteiger partial charge on any atom is 0.0949 e. The van der Waals surface area contributed by atoms with E-state index in [9.17, 15) is 0 Å². The summed E-state index contributed by atoms with van der Waals surface area (Å²) in [4.78, 5) is 10.1. The van der Waals surface area contributed by atoms with Gasteiger partial charge in [0.25, 0.3) is 0 Å². The minimum absolute atomic E-state index is 0.318. The lowest BCUT2D eigenvalue weighted by molar-refractivity contribution is 0.545. The van der Waals surface area contributed by atoms with Crippen LogP contribution in [0, 0.1) is 20.8 Å². The SMILES string of the molecule is CCNC(Cc1nc(C)c(C)s1)c1ccncc1C. The highest BCUT2D eigenvalue weighted by Gasteiger charge is 2.16. The Morgan fingerprint density at radius 3 is 2.68 bits per heavy atom. The Morgan fingerprint density at radius 2 is 2.11 bits per heavy atom. The van der Waals surface area contributed by atoms with Crippen LogP contribution in [0.4, 0.5) is 0 Å². The fourth-order valence-corrected chi connectivity index (χ4v) is 3.19. The average Bonchev–Trinajstić information content (AvgIpc) is 2.68. The molecule has 0 aliphatic carbocycles. The summed E-state index contributed by atoms with van der Waals surface area (Å²) < 4.78 is 0. The Bertz CT molecular complexity index is 529. The molecule has 0 amide bonds.